The Balaban J connectivity index is 1.60. The normalized spacial score (nSPS) is 19.9. The molecule has 180 valence electrons. The van der Waals surface area contributed by atoms with E-state index in [0.717, 1.165) is 18.7 Å². The molecule has 2 unspecified atom stereocenters. The number of sulfonamides is 1. The van der Waals surface area contributed by atoms with Gasteiger partial charge in [-0.3, -0.25) is 9.62 Å². The molecule has 0 bridgehead atoms. The van der Waals surface area contributed by atoms with E-state index in [0.29, 0.717) is 12.2 Å². The summed E-state index contributed by atoms with van der Waals surface area (Å²) < 4.78 is 33.1. The summed E-state index contributed by atoms with van der Waals surface area (Å²) in [5, 5.41) is 0.230. The molecule has 2 aromatic rings. The predicted molar refractivity (Wildman–Crippen MR) is 129 cm³/mol. The lowest BCUT2D eigenvalue weighted by atomic mass is 10.1. The zero-order valence-electron chi connectivity index (χ0n) is 19.6. The van der Waals surface area contributed by atoms with E-state index in [9.17, 15) is 13.2 Å². The van der Waals surface area contributed by atoms with Gasteiger partial charge in [-0.2, -0.15) is 0 Å². The Morgan fingerprint density at radius 1 is 1.12 bits per heavy atom. The Morgan fingerprint density at radius 2 is 1.73 bits per heavy atom. The van der Waals surface area contributed by atoms with Gasteiger partial charge in [-0.1, -0.05) is 23.7 Å². The van der Waals surface area contributed by atoms with E-state index in [2.05, 4.69) is 14.6 Å². The van der Waals surface area contributed by atoms with Gasteiger partial charge in [-0.05, 0) is 64.4 Å². The molecule has 1 aromatic carbocycles. The summed E-state index contributed by atoms with van der Waals surface area (Å²) in [6.07, 6.45) is 0.938. The minimum atomic E-state index is -3.74. The molecule has 3 rings (SSSR count). The molecule has 8 nitrogen and oxygen atoms in total. The highest BCUT2D eigenvalue weighted by molar-refractivity contribution is 7.92. The second-order valence-electron chi connectivity index (χ2n) is 9.40. The fraction of sp³-hybridized carbons (Fsp3) is 0.478. The van der Waals surface area contributed by atoms with Gasteiger partial charge in [0.2, 0.25) is 0 Å². The van der Waals surface area contributed by atoms with Gasteiger partial charge in [0.15, 0.2) is 0 Å². The van der Waals surface area contributed by atoms with Crippen LogP contribution in [0.25, 0.3) is 0 Å². The fourth-order valence-electron chi connectivity index (χ4n) is 3.91. The van der Waals surface area contributed by atoms with E-state index >= 15 is 0 Å². The third-order valence-electron chi connectivity index (χ3n) is 5.22. The molecule has 0 spiro atoms. The van der Waals surface area contributed by atoms with Gasteiger partial charge in [0.1, 0.15) is 15.6 Å². The Labute approximate surface area is 200 Å². The van der Waals surface area contributed by atoms with Crippen LogP contribution in [0.1, 0.15) is 40.2 Å². The molecule has 0 saturated carbocycles. The van der Waals surface area contributed by atoms with Crippen LogP contribution in [0.2, 0.25) is 5.15 Å². The molecule has 1 fully saturated rings. The number of rotatable bonds is 5. The highest BCUT2D eigenvalue weighted by Gasteiger charge is 2.35. The quantitative estimate of drug-likeness (QED) is 0.621. The maximum atomic E-state index is 12.6. The van der Waals surface area contributed by atoms with E-state index in [4.69, 9.17) is 16.3 Å². The number of halogens is 1. The summed E-state index contributed by atoms with van der Waals surface area (Å²) in [5.41, 5.74) is 0.988. The van der Waals surface area contributed by atoms with Crippen molar-refractivity contribution < 1.29 is 17.9 Å². The zero-order chi connectivity index (χ0) is 24.4. The summed E-state index contributed by atoms with van der Waals surface area (Å²) in [6, 6.07) is 10.1. The summed E-state index contributed by atoms with van der Waals surface area (Å²) in [4.78, 5) is 20.5. The number of nitrogens with one attached hydrogen (secondary N) is 1. The number of hydrogen-bond donors (Lipinski definition) is 1. The van der Waals surface area contributed by atoms with Crippen LogP contribution in [0, 0.1) is 0 Å². The number of benzene rings is 1. The Hall–Kier alpha value is -2.36. The molecule has 33 heavy (non-hydrogen) atoms. The first kappa shape index (κ1) is 25.3. The molecule has 2 heterocycles. The molecule has 0 aliphatic carbocycles. The molecule has 1 amide bonds. The van der Waals surface area contributed by atoms with Gasteiger partial charge in [0.05, 0.1) is 0 Å². The van der Waals surface area contributed by atoms with Crippen LogP contribution in [-0.2, 0) is 21.3 Å². The SMILES string of the molecule is CC1CN(Cc2ccc(NS(=O)(=O)c3ccc(Cl)nc3)cc2)CC(C)N1C(=O)OC(C)(C)C. The number of amides is 1. The molecule has 1 aliphatic heterocycles. The summed E-state index contributed by atoms with van der Waals surface area (Å²) in [6.45, 7) is 11.8. The van der Waals surface area contributed by atoms with E-state index in [1.807, 2.05) is 51.7 Å². The van der Waals surface area contributed by atoms with E-state index in [-0.39, 0.29) is 28.2 Å². The van der Waals surface area contributed by atoms with E-state index in [1.54, 1.807) is 12.1 Å². The van der Waals surface area contributed by atoms with Crippen molar-refractivity contribution in [3.63, 3.8) is 0 Å². The third kappa shape index (κ3) is 6.82. The first-order valence-corrected chi connectivity index (χ1v) is 12.7. The number of ether oxygens (including phenoxy) is 1. The predicted octanol–water partition coefficient (Wildman–Crippen LogP) is 4.37. The van der Waals surface area contributed by atoms with Gasteiger partial charge in [0, 0.05) is 43.6 Å². The van der Waals surface area contributed by atoms with Crippen molar-refractivity contribution in [1.82, 2.24) is 14.8 Å². The summed E-state index contributed by atoms with van der Waals surface area (Å²) in [7, 11) is -3.74. The number of aromatic nitrogens is 1. The Morgan fingerprint density at radius 3 is 2.24 bits per heavy atom. The van der Waals surface area contributed by atoms with Crippen molar-refractivity contribution in [3.8, 4) is 0 Å². The van der Waals surface area contributed by atoms with Crippen molar-refractivity contribution in [1.29, 1.82) is 0 Å². The van der Waals surface area contributed by atoms with E-state index < -0.39 is 15.6 Å². The number of nitrogens with zero attached hydrogens (tertiary/aromatic N) is 3. The maximum Gasteiger partial charge on any atom is 0.410 e. The third-order valence-corrected chi connectivity index (χ3v) is 6.81. The molecule has 1 N–H and O–H groups in total. The highest BCUT2D eigenvalue weighted by Crippen LogP contribution is 2.22. The van der Waals surface area contributed by atoms with Crippen LogP contribution >= 0.6 is 11.6 Å². The number of piperazine rings is 1. The van der Waals surface area contributed by atoms with Crippen molar-refractivity contribution >= 4 is 33.4 Å². The Kier molecular flexibility index (Phi) is 7.55. The number of carbonyl (C=O) groups excluding carboxylic acids is 1. The first-order chi connectivity index (χ1) is 15.3. The van der Waals surface area contributed by atoms with Crippen molar-refractivity contribution in [2.75, 3.05) is 17.8 Å². The molecular weight excluding hydrogens is 464 g/mol. The molecule has 1 aliphatic rings. The van der Waals surface area contributed by atoms with Gasteiger partial charge >= 0.3 is 6.09 Å². The molecule has 1 aromatic heterocycles. The molecular formula is C23H31ClN4O4S. The smallest absolute Gasteiger partial charge is 0.410 e. The van der Waals surface area contributed by atoms with Gasteiger partial charge in [0.25, 0.3) is 10.0 Å². The lowest BCUT2D eigenvalue weighted by molar-refractivity contribution is -0.0162. The van der Waals surface area contributed by atoms with Crippen LogP contribution in [0.4, 0.5) is 10.5 Å². The number of pyridine rings is 1. The zero-order valence-corrected chi connectivity index (χ0v) is 21.2. The molecule has 1 saturated heterocycles. The number of anilines is 1. The van der Waals surface area contributed by atoms with Gasteiger partial charge in [-0.15, -0.1) is 0 Å². The average Bonchev–Trinajstić information content (AvgIpc) is 2.67. The lowest BCUT2D eigenvalue weighted by Crippen LogP contribution is -2.59. The van der Waals surface area contributed by atoms with Crippen LogP contribution in [-0.4, -0.2) is 60.1 Å². The standard InChI is InChI=1S/C23H31ClN4O4S/c1-16-13-27(14-17(2)28(16)22(29)32-23(3,4)5)15-18-6-8-19(9-7-18)26-33(30,31)20-10-11-21(24)25-12-20/h6-12,16-17,26H,13-15H2,1-5H3. The summed E-state index contributed by atoms with van der Waals surface area (Å²) >= 11 is 5.73. The monoisotopic (exact) mass is 494 g/mol. The summed E-state index contributed by atoms with van der Waals surface area (Å²) in [5.74, 6) is 0. The van der Waals surface area contributed by atoms with E-state index in [1.165, 1.54) is 18.3 Å². The van der Waals surface area contributed by atoms with Crippen molar-refractivity contribution in [3.05, 3.63) is 53.3 Å². The number of carbonyl (C=O) groups is 1. The maximum absolute atomic E-state index is 12.6. The van der Waals surface area contributed by atoms with Crippen LogP contribution < -0.4 is 4.72 Å². The molecule has 0 radical (unpaired) electrons. The number of hydrogen-bond acceptors (Lipinski definition) is 6. The first-order valence-electron chi connectivity index (χ1n) is 10.8. The largest absolute Gasteiger partial charge is 0.444 e. The fourth-order valence-corrected chi connectivity index (χ4v) is 5.02. The average molecular weight is 495 g/mol. The minimum absolute atomic E-state index is 0.0164. The van der Waals surface area contributed by atoms with Crippen molar-refractivity contribution in [2.24, 2.45) is 0 Å². The van der Waals surface area contributed by atoms with Crippen LogP contribution in [0.15, 0.2) is 47.5 Å². The van der Waals surface area contributed by atoms with Crippen LogP contribution in [0.3, 0.4) is 0 Å². The van der Waals surface area contributed by atoms with Crippen LogP contribution in [0.5, 0.6) is 0 Å². The van der Waals surface area contributed by atoms with Gasteiger partial charge < -0.3 is 9.64 Å². The second-order valence-corrected chi connectivity index (χ2v) is 11.5. The second kappa shape index (κ2) is 9.87. The lowest BCUT2D eigenvalue weighted by Gasteiger charge is -2.44. The molecule has 2 atom stereocenters. The minimum Gasteiger partial charge on any atom is -0.444 e. The molecule has 10 heteroatoms. The Bertz CT molecular complexity index is 1060. The topological polar surface area (TPSA) is 91.8 Å². The van der Waals surface area contributed by atoms with Gasteiger partial charge in [-0.25, -0.2) is 18.2 Å². The van der Waals surface area contributed by atoms with Crippen molar-refractivity contribution in [2.45, 2.75) is 63.7 Å². The highest BCUT2D eigenvalue weighted by atomic mass is 35.5.